The molecule has 0 unspecified atom stereocenters. The molecule has 5 nitrogen and oxygen atoms in total. The van der Waals surface area contributed by atoms with E-state index < -0.39 is 0 Å². The fourth-order valence-corrected chi connectivity index (χ4v) is 1.74. The largest absolute Gasteiger partial charge is 0.468 e. The lowest BCUT2D eigenvalue weighted by Crippen LogP contribution is -2.04. The number of anilines is 1. The summed E-state index contributed by atoms with van der Waals surface area (Å²) in [6.07, 6.45) is 3.40. The maximum Gasteiger partial charge on any atom is 0.315 e. The van der Waals surface area contributed by atoms with Crippen molar-refractivity contribution in [3.8, 4) is 0 Å². The Morgan fingerprint density at radius 2 is 2.31 bits per heavy atom. The lowest BCUT2D eigenvalue weighted by Gasteiger charge is -2.03. The summed E-state index contributed by atoms with van der Waals surface area (Å²) in [7, 11) is 1.38. The van der Waals surface area contributed by atoms with Crippen LogP contribution in [0.15, 0.2) is 12.4 Å². The Labute approximate surface area is 99.0 Å². The molecule has 0 spiro atoms. The van der Waals surface area contributed by atoms with E-state index in [1.165, 1.54) is 18.9 Å². The zero-order chi connectivity index (χ0) is 11.8. The fraction of sp³-hybridized carbons (Fsp3) is 0.500. The molecule has 0 aliphatic rings. The molecule has 1 heterocycles. The number of carbonyl (C=O) groups excluding carboxylic acids is 1. The summed E-state index contributed by atoms with van der Waals surface area (Å²) in [6, 6.07) is 0. The number of nitrogens with one attached hydrogen (secondary N) is 1. The number of hydrogen-bond acceptors (Lipinski definition) is 6. The second-order valence-corrected chi connectivity index (χ2v) is 3.98. The van der Waals surface area contributed by atoms with Crippen LogP contribution in [0, 0.1) is 0 Å². The van der Waals surface area contributed by atoms with Crippen LogP contribution in [0.1, 0.15) is 12.6 Å². The van der Waals surface area contributed by atoms with E-state index in [0.29, 0.717) is 11.5 Å². The van der Waals surface area contributed by atoms with Crippen LogP contribution in [0.3, 0.4) is 0 Å². The van der Waals surface area contributed by atoms with E-state index in [-0.39, 0.29) is 5.97 Å². The second kappa shape index (κ2) is 7.05. The zero-order valence-electron chi connectivity index (χ0n) is 9.40. The molecule has 0 fully saturated rings. The van der Waals surface area contributed by atoms with Gasteiger partial charge in [0.25, 0.3) is 0 Å². The molecule has 16 heavy (non-hydrogen) atoms. The van der Waals surface area contributed by atoms with E-state index in [1.54, 1.807) is 12.4 Å². The van der Waals surface area contributed by atoms with Crippen molar-refractivity contribution in [1.82, 2.24) is 9.97 Å². The quantitative estimate of drug-likeness (QED) is 0.758. The van der Waals surface area contributed by atoms with Gasteiger partial charge in [0.1, 0.15) is 5.82 Å². The standard InChI is InChI=1S/C10H15N3O2S/c1-3-11-9-5-12-8(4-13-9)6-16-7-10(14)15-2/h4-5H,3,6-7H2,1-2H3,(H,11,13). The molecule has 0 aromatic carbocycles. The smallest absolute Gasteiger partial charge is 0.315 e. The highest BCUT2D eigenvalue weighted by atomic mass is 32.2. The maximum atomic E-state index is 10.9. The summed E-state index contributed by atoms with van der Waals surface area (Å²) in [5, 5.41) is 3.06. The summed E-state index contributed by atoms with van der Waals surface area (Å²) in [4.78, 5) is 19.3. The molecule has 0 saturated carbocycles. The number of nitrogens with zero attached hydrogens (tertiary/aromatic N) is 2. The van der Waals surface area contributed by atoms with E-state index in [2.05, 4.69) is 20.0 Å². The number of hydrogen-bond donors (Lipinski definition) is 1. The second-order valence-electron chi connectivity index (χ2n) is 2.99. The van der Waals surface area contributed by atoms with Gasteiger partial charge in [0.2, 0.25) is 0 Å². The van der Waals surface area contributed by atoms with Gasteiger partial charge >= 0.3 is 5.97 Å². The Morgan fingerprint density at radius 3 is 2.88 bits per heavy atom. The van der Waals surface area contributed by atoms with Crippen LogP contribution in [-0.2, 0) is 15.3 Å². The van der Waals surface area contributed by atoms with Gasteiger partial charge < -0.3 is 10.1 Å². The summed E-state index contributed by atoms with van der Waals surface area (Å²) in [5.74, 6) is 1.55. The molecule has 1 rings (SSSR count). The van der Waals surface area contributed by atoms with Gasteiger partial charge in [-0.25, -0.2) is 4.98 Å². The highest BCUT2D eigenvalue weighted by Gasteiger charge is 2.02. The first-order chi connectivity index (χ1) is 7.76. The van der Waals surface area contributed by atoms with Crippen LogP contribution >= 0.6 is 11.8 Å². The predicted octanol–water partition coefficient (Wildman–Crippen LogP) is 1.31. The van der Waals surface area contributed by atoms with E-state index in [4.69, 9.17) is 0 Å². The summed E-state index contributed by atoms with van der Waals surface area (Å²) in [6.45, 7) is 2.83. The molecule has 0 radical (unpaired) electrons. The van der Waals surface area contributed by atoms with E-state index >= 15 is 0 Å². The summed E-state index contributed by atoms with van der Waals surface area (Å²) in [5.41, 5.74) is 0.857. The summed E-state index contributed by atoms with van der Waals surface area (Å²) < 4.78 is 4.53. The first-order valence-corrected chi connectivity index (χ1v) is 6.11. The van der Waals surface area contributed by atoms with Gasteiger partial charge in [0.15, 0.2) is 0 Å². The number of methoxy groups -OCH3 is 1. The van der Waals surface area contributed by atoms with Crippen molar-refractivity contribution < 1.29 is 9.53 Å². The Morgan fingerprint density at radius 1 is 1.50 bits per heavy atom. The van der Waals surface area contributed by atoms with Crippen LogP contribution in [0.5, 0.6) is 0 Å². The molecule has 1 aromatic rings. The molecule has 0 atom stereocenters. The van der Waals surface area contributed by atoms with Crippen LogP contribution in [0.25, 0.3) is 0 Å². The van der Waals surface area contributed by atoms with Crippen molar-refractivity contribution >= 4 is 23.5 Å². The lowest BCUT2D eigenvalue weighted by molar-refractivity contribution is -0.137. The van der Waals surface area contributed by atoms with Gasteiger partial charge in [0, 0.05) is 12.3 Å². The van der Waals surface area contributed by atoms with Crippen LogP contribution in [-0.4, -0.2) is 35.3 Å². The minimum absolute atomic E-state index is 0.220. The van der Waals surface area contributed by atoms with Gasteiger partial charge in [-0.3, -0.25) is 9.78 Å². The molecule has 0 aliphatic heterocycles. The monoisotopic (exact) mass is 241 g/mol. The third-order valence-electron chi connectivity index (χ3n) is 1.76. The average molecular weight is 241 g/mol. The van der Waals surface area contributed by atoms with Crippen molar-refractivity contribution in [2.75, 3.05) is 24.7 Å². The summed E-state index contributed by atoms with van der Waals surface area (Å²) >= 11 is 1.46. The maximum absolute atomic E-state index is 10.9. The number of carbonyl (C=O) groups is 1. The molecule has 88 valence electrons. The molecule has 6 heteroatoms. The van der Waals surface area contributed by atoms with Crippen molar-refractivity contribution in [1.29, 1.82) is 0 Å². The molecular formula is C10H15N3O2S. The molecule has 1 aromatic heterocycles. The number of aromatic nitrogens is 2. The molecule has 0 aliphatic carbocycles. The Hall–Kier alpha value is -1.30. The van der Waals surface area contributed by atoms with Crippen LogP contribution < -0.4 is 5.32 Å². The molecule has 1 N–H and O–H groups in total. The highest BCUT2D eigenvalue weighted by Crippen LogP contribution is 2.10. The minimum Gasteiger partial charge on any atom is -0.468 e. The van der Waals surface area contributed by atoms with Crippen LogP contribution in [0.4, 0.5) is 5.82 Å². The number of esters is 1. The number of ether oxygens (including phenoxy) is 1. The van der Waals surface area contributed by atoms with Gasteiger partial charge in [-0.05, 0) is 6.92 Å². The predicted molar refractivity (Wildman–Crippen MR) is 64.4 cm³/mol. The molecule has 0 bridgehead atoms. The number of rotatable bonds is 6. The van der Waals surface area contributed by atoms with E-state index in [1.807, 2.05) is 6.92 Å². The first-order valence-electron chi connectivity index (χ1n) is 4.95. The van der Waals surface area contributed by atoms with Gasteiger partial charge in [-0.2, -0.15) is 0 Å². The van der Waals surface area contributed by atoms with Crippen molar-refractivity contribution in [3.63, 3.8) is 0 Å². The Kier molecular flexibility index (Phi) is 5.63. The van der Waals surface area contributed by atoms with Crippen molar-refractivity contribution in [2.45, 2.75) is 12.7 Å². The van der Waals surface area contributed by atoms with Gasteiger partial charge in [0.05, 0.1) is 31.0 Å². The third-order valence-corrected chi connectivity index (χ3v) is 2.70. The first kappa shape index (κ1) is 12.8. The molecular weight excluding hydrogens is 226 g/mol. The zero-order valence-corrected chi connectivity index (χ0v) is 10.2. The Balaban J connectivity index is 2.34. The topological polar surface area (TPSA) is 64.1 Å². The SMILES string of the molecule is CCNc1cnc(CSCC(=O)OC)cn1. The van der Waals surface area contributed by atoms with Crippen molar-refractivity contribution in [3.05, 3.63) is 18.1 Å². The average Bonchev–Trinajstić information content (AvgIpc) is 2.31. The lowest BCUT2D eigenvalue weighted by atomic mass is 10.5. The highest BCUT2D eigenvalue weighted by molar-refractivity contribution is 7.99. The van der Waals surface area contributed by atoms with Crippen LogP contribution in [0.2, 0.25) is 0 Å². The normalized spacial score (nSPS) is 9.88. The van der Waals surface area contributed by atoms with Gasteiger partial charge in [-0.15, -0.1) is 11.8 Å². The van der Waals surface area contributed by atoms with E-state index in [0.717, 1.165) is 18.1 Å². The van der Waals surface area contributed by atoms with Crippen molar-refractivity contribution in [2.24, 2.45) is 0 Å². The fourth-order valence-electron chi connectivity index (χ4n) is 1.000. The van der Waals surface area contributed by atoms with Gasteiger partial charge in [-0.1, -0.05) is 0 Å². The third kappa shape index (κ3) is 4.48. The molecule has 0 amide bonds. The van der Waals surface area contributed by atoms with E-state index in [9.17, 15) is 4.79 Å². The minimum atomic E-state index is -0.220. The number of thioether (sulfide) groups is 1. The Bertz CT molecular complexity index is 329. The molecule has 0 saturated heterocycles.